The number of cyclic esters (lactones) is 2. The highest BCUT2D eigenvalue weighted by molar-refractivity contribution is 5.73. The third kappa shape index (κ3) is 11.9. The van der Waals surface area contributed by atoms with Crippen LogP contribution in [0.15, 0.2) is 47.6 Å². The maximum absolute atomic E-state index is 12.5. The van der Waals surface area contributed by atoms with Crippen molar-refractivity contribution in [3.63, 3.8) is 0 Å². The van der Waals surface area contributed by atoms with Gasteiger partial charge in [0.05, 0.1) is 36.9 Å². The molecule has 0 aromatic heterocycles. The summed E-state index contributed by atoms with van der Waals surface area (Å²) < 4.78 is 23.0. The SMILES string of the molecule is CC[C@H](C)C(=O)O[C@H]1C[C@@H](C)C=C2C=C[C@H](C)[C@H](CC[C@@H]3C[C@@H](O)CC(=O)O3)[C@H]21.CC[C@H](C)C(=O)O[C@H]1C[C@@H](C)C=C2C=C[C@H](C)[C@H](CC[C@@H]3C[C@@H](O)CC(=O)O3)[C@H]21. The van der Waals surface area contributed by atoms with Crippen LogP contribution in [0.1, 0.15) is 132 Å². The largest absolute Gasteiger partial charge is 0.462 e. The first-order valence-corrected chi connectivity index (χ1v) is 22.5. The second-order valence-corrected chi connectivity index (χ2v) is 18.7. The van der Waals surface area contributed by atoms with E-state index in [9.17, 15) is 29.4 Å². The molecular weight excluding hydrogens is 737 g/mol. The van der Waals surface area contributed by atoms with Crippen LogP contribution in [0, 0.1) is 59.2 Å². The molecule has 2 fully saturated rings. The Morgan fingerprint density at radius 3 is 1.38 bits per heavy atom. The van der Waals surface area contributed by atoms with E-state index >= 15 is 0 Å². The van der Waals surface area contributed by atoms with E-state index in [4.69, 9.17) is 18.9 Å². The number of allylic oxidation sites excluding steroid dienone is 6. The highest BCUT2D eigenvalue weighted by Gasteiger charge is 2.44. The third-order valence-corrected chi connectivity index (χ3v) is 13.9. The van der Waals surface area contributed by atoms with E-state index in [1.165, 1.54) is 11.1 Å². The highest BCUT2D eigenvalue weighted by Crippen LogP contribution is 2.47. The van der Waals surface area contributed by atoms with E-state index in [0.717, 1.165) is 51.4 Å². The second kappa shape index (κ2) is 20.8. The molecule has 0 unspecified atom stereocenters. The van der Waals surface area contributed by atoms with E-state index in [0.29, 0.717) is 48.3 Å². The number of esters is 4. The topological polar surface area (TPSA) is 146 Å². The standard InChI is InChI=1S/2C24H36O5/c2*1-5-15(3)24(27)29-21-11-14(2)10-17-7-6-16(4)20(23(17)21)9-8-19-12-18(25)13-22(26)28-19/h2*6-7,10,14-16,18-21,23,25H,5,8-9,11-13H2,1-4H3/t2*14-,15-,16-,18+,19+,20-,21-,23-/m00/s1. The van der Waals surface area contributed by atoms with Crippen LogP contribution in [0.25, 0.3) is 0 Å². The molecule has 2 N–H and O–H groups in total. The van der Waals surface area contributed by atoms with E-state index in [2.05, 4.69) is 64.2 Å². The predicted molar refractivity (Wildman–Crippen MR) is 222 cm³/mol. The Bertz CT molecular complexity index is 1450. The van der Waals surface area contributed by atoms with Gasteiger partial charge in [0.25, 0.3) is 0 Å². The molecule has 324 valence electrons. The van der Waals surface area contributed by atoms with Gasteiger partial charge in [0, 0.05) is 24.7 Å². The van der Waals surface area contributed by atoms with Crippen LogP contribution in [-0.2, 0) is 38.1 Å². The van der Waals surface area contributed by atoms with E-state index in [1.807, 2.05) is 27.7 Å². The molecule has 0 saturated carbocycles. The van der Waals surface area contributed by atoms with Crippen molar-refractivity contribution in [2.45, 2.75) is 169 Å². The molecule has 0 aromatic rings. The monoisotopic (exact) mass is 809 g/mol. The lowest BCUT2D eigenvalue weighted by Gasteiger charge is -2.43. The van der Waals surface area contributed by atoms with Crippen molar-refractivity contribution >= 4 is 23.9 Å². The van der Waals surface area contributed by atoms with Gasteiger partial charge in [-0.3, -0.25) is 19.2 Å². The number of hydrogen-bond acceptors (Lipinski definition) is 10. The summed E-state index contributed by atoms with van der Waals surface area (Å²) in [5.41, 5.74) is 2.55. The number of carbonyl (C=O) groups is 4. The van der Waals surface area contributed by atoms with E-state index in [-0.39, 0.29) is 84.8 Å². The van der Waals surface area contributed by atoms with Gasteiger partial charge >= 0.3 is 23.9 Å². The minimum atomic E-state index is -0.597. The van der Waals surface area contributed by atoms with Crippen molar-refractivity contribution in [3.8, 4) is 0 Å². The number of fused-ring (bicyclic) bond motifs is 2. The lowest BCUT2D eigenvalue weighted by molar-refractivity contribution is -0.162. The molecule has 2 saturated heterocycles. The lowest BCUT2D eigenvalue weighted by atomic mass is 9.65. The maximum atomic E-state index is 12.5. The van der Waals surface area contributed by atoms with Gasteiger partial charge in [-0.15, -0.1) is 0 Å². The molecule has 10 nitrogen and oxygen atoms in total. The first kappa shape index (κ1) is 45.8. The number of rotatable bonds is 12. The zero-order valence-electron chi connectivity index (χ0n) is 36.3. The van der Waals surface area contributed by atoms with Crippen molar-refractivity contribution in [2.75, 3.05) is 0 Å². The molecule has 0 aromatic carbocycles. The van der Waals surface area contributed by atoms with Gasteiger partial charge in [0.15, 0.2) is 0 Å². The second-order valence-electron chi connectivity index (χ2n) is 18.7. The first-order valence-electron chi connectivity index (χ1n) is 22.5. The average Bonchev–Trinajstić information content (AvgIpc) is 3.16. The Morgan fingerprint density at radius 1 is 0.655 bits per heavy atom. The molecule has 6 aliphatic rings. The van der Waals surface area contributed by atoms with Gasteiger partial charge in [0.1, 0.15) is 24.4 Å². The van der Waals surface area contributed by atoms with Crippen LogP contribution in [0.2, 0.25) is 0 Å². The van der Waals surface area contributed by atoms with Gasteiger partial charge < -0.3 is 29.2 Å². The van der Waals surface area contributed by atoms with Gasteiger partial charge in [0.2, 0.25) is 0 Å². The number of hydrogen-bond donors (Lipinski definition) is 2. The molecule has 4 aliphatic carbocycles. The molecule has 2 heterocycles. The van der Waals surface area contributed by atoms with E-state index in [1.54, 1.807) is 0 Å². The highest BCUT2D eigenvalue weighted by atomic mass is 16.6. The molecular formula is C48H72O10. The molecule has 16 atom stereocenters. The smallest absolute Gasteiger partial charge is 0.308 e. The summed E-state index contributed by atoms with van der Waals surface area (Å²) in [5, 5.41) is 19.8. The van der Waals surface area contributed by atoms with Gasteiger partial charge in [-0.2, -0.15) is 0 Å². The quantitative estimate of drug-likeness (QED) is 0.146. The van der Waals surface area contributed by atoms with Crippen LogP contribution >= 0.6 is 0 Å². The van der Waals surface area contributed by atoms with Crippen molar-refractivity contribution in [2.24, 2.45) is 59.2 Å². The number of aliphatic hydroxyl groups is 2. The summed E-state index contributed by atoms with van der Waals surface area (Å²) in [5.74, 6) is 1.51. The lowest BCUT2D eigenvalue weighted by Crippen LogP contribution is -2.42. The zero-order valence-corrected chi connectivity index (χ0v) is 36.3. The number of aliphatic hydroxyl groups excluding tert-OH is 2. The van der Waals surface area contributed by atoms with E-state index < -0.39 is 12.2 Å². The Hall–Kier alpha value is -3.24. The van der Waals surface area contributed by atoms with Gasteiger partial charge in [-0.05, 0) is 98.0 Å². The minimum absolute atomic E-state index is 0.0854. The fourth-order valence-electron chi connectivity index (χ4n) is 10.1. The van der Waals surface area contributed by atoms with Gasteiger partial charge in [-0.25, -0.2) is 0 Å². The molecule has 10 heteroatoms. The number of ether oxygens (including phenoxy) is 4. The molecule has 58 heavy (non-hydrogen) atoms. The molecule has 0 radical (unpaired) electrons. The molecule has 0 spiro atoms. The van der Waals surface area contributed by atoms with Crippen molar-refractivity contribution in [1.29, 1.82) is 0 Å². The predicted octanol–water partition coefficient (Wildman–Crippen LogP) is 8.39. The third-order valence-electron chi connectivity index (χ3n) is 13.9. The molecule has 0 bridgehead atoms. The zero-order chi connectivity index (χ0) is 42.3. The van der Waals surface area contributed by atoms with Crippen molar-refractivity contribution in [3.05, 3.63) is 47.6 Å². The molecule has 0 amide bonds. The van der Waals surface area contributed by atoms with Crippen molar-refractivity contribution < 1.29 is 48.3 Å². The van der Waals surface area contributed by atoms with Crippen LogP contribution in [0.4, 0.5) is 0 Å². The summed E-state index contributed by atoms with van der Waals surface area (Å²) in [4.78, 5) is 48.4. The van der Waals surface area contributed by atoms with Gasteiger partial charge in [-0.1, -0.05) is 91.8 Å². The normalized spacial score (nSPS) is 37.9. The Morgan fingerprint density at radius 2 is 1.03 bits per heavy atom. The van der Waals surface area contributed by atoms with Crippen molar-refractivity contribution in [1.82, 2.24) is 0 Å². The van der Waals surface area contributed by atoms with Crippen LogP contribution in [-0.4, -0.2) is 70.7 Å². The fourth-order valence-corrected chi connectivity index (χ4v) is 10.1. The maximum Gasteiger partial charge on any atom is 0.308 e. The Labute approximate surface area is 347 Å². The minimum Gasteiger partial charge on any atom is -0.462 e. The summed E-state index contributed by atoms with van der Waals surface area (Å²) in [6.45, 7) is 16.7. The summed E-state index contributed by atoms with van der Waals surface area (Å²) >= 11 is 0. The molecule has 6 rings (SSSR count). The van der Waals surface area contributed by atoms with Crippen LogP contribution < -0.4 is 0 Å². The Balaban J connectivity index is 0.000000221. The summed E-state index contributed by atoms with van der Waals surface area (Å²) in [7, 11) is 0. The molecule has 2 aliphatic heterocycles. The Kier molecular flexibility index (Phi) is 16.5. The van der Waals surface area contributed by atoms with Crippen LogP contribution in [0.5, 0.6) is 0 Å². The fraction of sp³-hybridized carbons (Fsp3) is 0.750. The first-order chi connectivity index (χ1) is 27.6. The summed E-state index contributed by atoms with van der Waals surface area (Å²) in [6, 6.07) is 0. The summed E-state index contributed by atoms with van der Waals surface area (Å²) in [6.07, 6.45) is 19.4. The van der Waals surface area contributed by atoms with Crippen LogP contribution in [0.3, 0.4) is 0 Å². The average molecular weight is 809 g/mol. The number of carbonyl (C=O) groups excluding carboxylic acids is 4.